The molecule has 16 heavy (non-hydrogen) atoms. The molecule has 5 nitrogen and oxygen atoms in total. The summed E-state index contributed by atoms with van der Waals surface area (Å²) in [5.41, 5.74) is -0.883. The van der Waals surface area contributed by atoms with E-state index in [1.807, 2.05) is 13.8 Å². The maximum absolute atomic E-state index is 11.8. The second-order valence-electron chi connectivity index (χ2n) is 3.97. The molecule has 1 amide bonds. The van der Waals surface area contributed by atoms with Crippen LogP contribution in [0.15, 0.2) is 0 Å². The van der Waals surface area contributed by atoms with Crippen molar-refractivity contribution >= 4 is 11.9 Å². The molecule has 0 fully saturated rings. The summed E-state index contributed by atoms with van der Waals surface area (Å²) in [7, 11) is 1.47. The topological polar surface area (TPSA) is 75.6 Å². The van der Waals surface area contributed by atoms with Crippen molar-refractivity contribution in [3.8, 4) is 0 Å². The molecule has 0 bridgehead atoms. The highest BCUT2D eigenvalue weighted by Crippen LogP contribution is 2.14. The molecular formula is C11H21NO4. The van der Waals surface area contributed by atoms with Gasteiger partial charge in [-0.3, -0.25) is 9.59 Å². The largest absolute Gasteiger partial charge is 0.481 e. The second-order valence-corrected chi connectivity index (χ2v) is 3.97. The molecule has 2 N–H and O–H groups in total. The zero-order chi connectivity index (χ0) is 12.8. The van der Waals surface area contributed by atoms with E-state index in [0.717, 1.165) is 0 Å². The fourth-order valence-electron chi connectivity index (χ4n) is 1.24. The van der Waals surface area contributed by atoms with E-state index in [1.54, 1.807) is 6.92 Å². The summed E-state index contributed by atoms with van der Waals surface area (Å²) in [6, 6.07) is -0.342. The van der Waals surface area contributed by atoms with Gasteiger partial charge in [-0.1, -0.05) is 13.8 Å². The quantitative estimate of drug-likeness (QED) is 0.689. The minimum Gasteiger partial charge on any atom is -0.481 e. The van der Waals surface area contributed by atoms with E-state index in [2.05, 4.69) is 5.32 Å². The van der Waals surface area contributed by atoms with Crippen LogP contribution in [-0.2, 0) is 14.3 Å². The van der Waals surface area contributed by atoms with E-state index in [0.29, 0.717) is 12.8 Å². The zero-order valence-corrected chi connectivity index (χ0v) is 10.4. The standard InChI is InChI=1S/C11H21NO4/c1-5-8(7-9(13)14)12-10(15)11(3,6-2)16-4/h8H,5-7H2,1-4H3,(H,12,15)(H,13,14). The monoisotopic (exact) mass is 231 g/mol. The summed E-state index contributed by atoms with van der Waals surface area (Å²) < 4.78 is 5.14. The number of aliphatic carboxylic acids is 1. The van der Waals surface area contributed by atoms with Crippen LogP contribution in [0.25, 0.3) is 0 Å². The van der Waals surface area contributed by atoms with Crippen LogP contribution in [-0.4, -0.2) is 35.7 Å². The van der Waals surface area contributed by atoms with Crippen LogP contribution in [0.1, 0.15) is 40.0 Å². The third-order valence-corrected chi connectivity index (χ3v) is 2.85. The number of methoxy groups -OCH3 is 1. The average Bonchev–Trinajstić information content (AvgIpc) is 2.26. The van der Waals surface area contributed by atoms with Crippen LogP contribution in [0.3, 0.4) is 0 Å². The first-order valence-corrected chi connectivity index (χ1v) is 5.47. The van der Waals surface area contributed by atoms with Crippen molar-refractivity contribution in [1.82, 2.24) is 5.32 Å². The molecule has 2 unspecified atom stereocenters. The molecule has 5 heteroatoms. The molecule has 0 radical (unpaired) electrons. The molecular weight excluding hydrogens is 210 g/mol. The number of hydrogen-bond donors (Lipinski definition) is 2. The maximum Gasteiger partial charge on any atom is 0.305 e. The summed E-state index contributed by atoms with van der Waals surface area (Å²) in [5, 5.41) is 11.4. The number of amides is 1. The molecule has 0 rings (SSSR count). The van der Waals surface area contributed by atoms with E-state index in [9.17, 15) is 9.59 Å². The Hall–Kier alpha value is -1.10. The number of carbonyl (C=O) groups is 2. The van der Waals surface area contributed by atoms with E-state index in [1.165, 1.54) is 7.11 Å². The van der Waals surface area contributed by atoms with Gasteiger partial charge in [-0.15, -0.1) is 0 Å². The lowest BCUT2D eigenvalue weighted by atomic mass is 10.0. The van der Waals surface area contributed by atoms with Crippen LogP contribution >= 0.6 is 0 Å². The van der Waals surface area contributed by atoms with Crippen molar-refractivity contribution in [2.75, 3.05) is 7.11 Å². The number of rotatable bonds is 7. The van der Waals surface area contributed by atoms with Crippen molar-refractivity contribution in [3.63, 3.8) is 0 Å². The highest BCUT2D eigenvalue weighted by atomic mass is 16.5. The Labute approximate surface area is 96.2 Å². The van der Waals surface area contributed by atoms with E-state index in [-0.39, 0.29) is 18.4 Å². The van der Waals surface area contributed by atoms with Gasteiger partial charge in [0.1, 0.15) is 5.60 Å². The summed E-state index contributed by atoms with van der Waals surface area (Å²) in [5.74, 6) is -1.17. The summed E-state index contributed by atoms with van der Waals surface area (Å²) in [6.07, 6.45) is 1.06. The third-order valence-electron chi connectivity index (χ3n) is 2.85. The fourth-order valence-corrected chi connectivity index (χ4v) is 1.24. The predicted octanol–water partition coefficient (Wildman–Crippen LogP) is 1.17. The van der Waals surface area contributed by atoms with Gasteiger partial charge < -0.3 is 15.2 Å². The molecule has 0 aliphatic carbocycles. The Bertz CT molecular complexity index is 248. The number of carbonyl (C=O) groups excluding carboxylic acids is 1. The van der Waals surface area contributed by atoms with Gasteiger partial charge in [0.25, 0.3) is 5.91 Å². The van der Waals surface area contributed by atoms with Crippen molar-refractivity contribution in [1.29, 1.82) is 0 Å². The lowest BCUT2D eigenvalue weighted by Crippen LogP contribution is -2.49. The fraction of sp³-hybridized carbons (Fsp3) is 0.818. The Morgan fingerprint density at radius 1 is 1.44 bits per heavy atom. The third kappa shape index (κ3) is 4.18. The van der Waals surface area contributed by atoms with Gasteiger partial charge in [0.2, 0.25) is 0 Å². The minimum atomic E-state index is -0.914. The highest BCUT2D eigenvalue weighted by molar-refractivity contribution is 5.85. The van der Waals surface area contributed by atoms with Gasteiger partial charge in [0.15, 0.2) is 0 Å². The van der Waals surface area contributed by atoms with Gasteiger partial charge in [-0.05, 0) is 19.8 Å². The summed E-state index contributed by atoms with van der Waals surface area (Å²) >= 11 is 0. The Kier molecular flexibility index (Phi) is 6.03. The van der Waals surface area contributed by atoms with Gasteiger partial charge >= 0.3 is 5.97 Å². The highest BCUT2D eigenvalue weighted by Gasteiger charge is 2.32. The number of hydrogen-bond acceptors (Lipinski definition) is 3. The summed E-state index contributed by atoms with van der Waals surface area (Å²) in [4.78, 5) is 22.4. The molecule has 0 saturated carbocycles. The Morgan fingerprint density at radius 3 is 2.31 bits per heavy atom. The lowest BCUT2D eigenvalue weighted by molar-refractivity contribution is -0.143. The lowest BCUT2D eigenvalue weighted by Gasteiger charge is -2.27. The SMILES string of the molecule is CCC(CC(=O)O)NC(=O)C(C)(CC)OC. The van der Waals surface area contributed by atoms with Crippen LogP contribution in [0.4, 0.5) is 0 Å². The predicted molar refractivity (Wildman–Crippen MR) is 60.2 cm³/mol. The number of nitrogens with one attached hydrogen (secondary N) is 1. The van der Waals surface area contributed by atoms with Gasteiger partial charge in [-0.2, -0.15) is 0 Å². The molecule has 2 atom stereocenters. The first kappa shape index (κ1) is 14.9. The number of carboxylic acids is 1. The first-order chi connectivity index (χ1) is 7.39. The molecule has 94 valence electrons. The first-order valence-electron chi connectivity index (χ1n) is 5.47. The van der Waals surface area contributed by atoms with E-state index < -0.39 is 11.6 Å². The number of carboxylic acid groups (broad SMARTS) is 1. The van der Waals surface area contributed by atoms with Crippen LogP contribution in [0.5, 0.6) is 0 Å². The van der Waals surface area contributed by atoms with E-state index in [4.69, 9.17) is 9.84 Å². The van der Waals surface area contributed by atoms with Crippen molar-refractivity contribution in [3.05, 3.63) is 0 Å². The van der Waals surface area contributed by atoms with Crippen molar-refractivity contribution < 1.29 is 19.4 Å². The second kappa shape index (κ2) is 6.48. The number of ether oxygens (including phenoxy) is 1. The molecule has 0 aromatic carbocycles. The average molecular weight is 231 g/mol. The van der Waals surface area contributed by atoms with Gasteiger partial charge in [0, 0.05) is 13.2 Å². The zero-order valence-electron chi connectivity index (χ0n) is 10.4. The molecule has 0 heterocycles. The maximum atomic E-state index is 11.8. The van der Waals surface area contributed by atoms with Gasteiger partial charge in [0.05, 0.1) is 6.42 Å². The normalized spacial score (nSPS) is 16.2. The smallest absolute Gasteiger partial charge is 0.305 e. The minimum absolute atomic E-state index is 0.0637. The van der Waals surface area contributed by atoms with Crippen LogP contribution in [0.2, 0.25) is 0 Å². The summed E-state index contributed by atoms with van der Waals surface area (Å²) in [6.45, 7) is 5.38. The molecule has 0 saturated heterocycles. The molecule has 0 spiro atoms. The molecule has 0 aliphatic heterocycles. The Balaban J connectivity index is 4.45. The molecule has 0 aromatic rings. The van der Waals surface area contributed by atoms with Crippen molar-refractivity contribution in [2.24, 2.45) is 0 Å². The molecule has 0 aromatic heterocycles. The Morgan fingerprint density at radius 2 is 2.00 bits per heavy atom. The van der Waals surface area contributed by atoms with E-state index >= 15 is 0 Å². The van der Waals surface area contributed by atoms with Gasteiger partial charge in [-0.25, -0.2) is 0 Å². The molecule has 0 aliphatic rings. The van der Waals surface area contributed by atoms with Crippen LogP contribution < -0.4 is 5.32 Å². The van der Waals surface area contributed by atoms with Crippen LogP contribution in [0, 0.1) is 0 Å². The van der Waals surface area contributed by atoms with Crippen molar-refractivity contribution in [2.45, 2.75) is 51.7 Å².